The molecule has 1 fully saturated rings. The number of likely N-dealkylation sites (N-methyl/N-ethyl adjacent to an activating group) is 1. The molecule has 0 radical (unpaired) electrons. The minimum Gasteiger partial charge on any atom is -0.339 e. The smallest absolute Gasteiger partial charge is 0.250 e. The third-order valence-corrected chi connectivity index (χ3v) is 2.33. The van der Waals surface area contributed by atoms with Crippen LogP contribution in [0.1, 0.15) is 11.6 Å². The molecule has 15 heavy (non-hydrogen) atoms. The van der Waals surface area contributed by atoms with Crippen LogP contribution in [0.5, 0.6) is 0 Å². The van der Waals surface area contributed by atoms with Crippen molar-refractivity contribution in [1.29, 1.82) is 0 Å². The van der Waals surface area contributed by atoms with Gasteiger partial charge in [0.25, 0.3) is 0 Å². The Morgan fingerprint density at radius 3 is 3.00 bits per heavy atom. The number of nitrogens with one attached hydrogen (secondary N) is 1. The van der Waals surface area contributed by atoms with Gasteiger partial charge in [-0.3, -0.25) is 14.6 Å². The van der Waals surface area contributed by atoms with E-state index in [0.29, 0.717) is 5.56 Å². The average molecular weight is 205 g/mol. The molecule has 0 saturated carbocycles. The minimum absolute atomic E-state index is 0.109. The van der Waals surface area contributed by atoms with E-state index in [-0.39, 0.29) is 18.4 Å². The van der Waals surface area contributed by atoms with E-state index in [2.05, 4.69) is 10.3 Å². The topological polar surface area (TPSA) is 62.3 Å². The highest BCUT2D eigenvalue weighted by molar-refractivity contribution is 5.95. The van der Waals surface area contributed by atoms with Gasteiger partial charge < -0.3 is 10.2 Å². The summed E-state index contributed by atoms with van der Waals surface area (Å²) in [7, 11) is 1.62. The molecule has 1 saturated heterocycles. The number of nitrogens with zero attached hydrogens (tertiary/aromatic N) is 2. The second-order valence-electron chi connectivity index (χ2n) is 3.48. The largest absolute Gasteiger partial charge is 0.339 e. The summed E-state index contributed by atoms with van der Waals surface area (Å²) in [6.45, 7) is 0.121. The highest BCUT2D eigenvalue weighted by Crippen LogP contribution is 2.16. The fraction of sp³-hybridized carbons (Fsp3) is 0.300. The van der Waals surface area contributed by atoms with Gasteiger partial charge in [-0.1, -0.05) is 6.07 Å². The Kier molecular flexibility index (Phi) is 2.37. The molecular formula is C10H11N3O2. The molecule has 78 valence electrons. The normalized spacial score (nSPS) is 21.4. The van der Waals surface area contributed by atoms with Crippen LogP contribution in [-0.2, 0) is 9.59 Å². The maximum absolute atomic E-state index is 11.8. The Bertz CT molecular complexity index is 391. The molecule has 1 N–H and O–H groups in total. The monoisotopic (exact) mass is 205 g/mol. The number of rotatable bonds is 1. The lowest BCUT2D eigenvalue weighted by atomic mass is 10.1. The Hall–Kier alpha value is -1.91. The van der Waals surface area contributed by atoms with Gasteiger partial charge in [-0.05, 0) is 6.07 Å². The molecule has 0 bridgehead atoms. The van der Waals surface area contributed by atoms with Gasteiger partial charge >= 0.3 is 0 Å². The Labute approximate surface area is 87.1 Å². The van der Waals surface area contributed by atoms with Crippen molar-refractivity contribution in [2.75, 3.05) is 13.6 Å². The number of carbonyl (C=O) groups is 2. The summed E-state index contributed by atoms with van der Waals surface area (Å²) < 4.78 is 0. The summed E-state index contributed by atoms with van der Waals surface area (Å²) in [5, 5.41) is 2.64. The standard InChI is InChI=1S/C10H11N3O2/c1-13-6-8(14)12-9(10(13)15)7-3-2-4-11-5-7/h2-5,9H,6H2,1H3,(H,12,14). The van der Waals surface area contributed by atoms with Crippen LogP contribution in [0, 0.1) is 0 Å². The summed E-state index contributed by atoms with van der Waals surface area (Å²) in [6, 6.07) is 2.92. The number of pyridine rings is 1. The molecule has 1 atom stereocenters. The van der Waals surface area contributed by atoms with Gasteiger partial charge in [-0.15, -0.1) is 0 Å². The predicted octanol–water partition coefficient (Wildman–Crippen LogP) is -0.289. The molecule has 0 aromatic carbocycles. The fourth-order valence-electron chi connectivity index (χ4n) is 1.55. The van der Waals surface area contributed by atoms with Crippen molar-refractivity contribution >= 4 is 11.8 Å². The molecule has 2 rings (SSSR count). The molecular weight excluding hydrogens is 194 g/mol. The summed E-state index contributed by atoms with van der Waals surface area (Å²) in [5.74, 6) is -0.256. The minimum atomic E-state index is -0.593. The van der Waals surface area contributed by atoms with E-state index in [0.717, 1.165) is 0 Å². The van der Waals surface area contributed by atoms with Gasteiger partial charge in [-0.2, -0.15) is 0 Å². The van der Waals surface area contributed by atoms with E-state index in [4.69, 9.17) is 0 Å². The van der Waals surface area contributed by atoms with Crippen LogP contribution in [0.4, 0.5) is 0 Å². The van der Waals surface area contributed by atoms with Crippen LogP contribution in [0.2, 0.25) is 0 Å². The quantitative estimate of drug-likeness (QED) is 0.685. The molecule has 1 aromatic heterocycles. The molecule has 0 aliphatic carbocycles. The first-order valence-corrected chi connectivity index (χ1v) is 4.63. The van der Waals surface area contributed by atoms with Gasteiger partial charge in [0.1, 0.15) is 6.04 Å². The van der Waals surface area contributed by atoms with E-state index in [1.54, 1.807) is 31.6 Å². The van der Waals surface area contributed by atoms with Crippen molar-refractivity contribution in [3.63, 3.8) is 0 Å². The van der Waals surface area contributed by atoms with Crippen LogP contribution in [0.25, 0.3) is 0 Å². The van der Waals surface area contributed by atoms with E-state index < -0.39 is 6.04 Å². The average Bonchev–Trinajstić information content (AvgIpc) is 2.24. The third kappa shape index (κ3) is 1.81. The van der Waals surface area contributed by atoms with Crippen LogP contribution in [0.3, 0.4) is 0 Å². The number of piperazine rings is 1. The van der Waals surface area contributed by atoms with Crippen molar-refractivity contribution in [1.82, 2.24) is 15.2 Å². The molecule has 1 aliphatic rings. The first-order chi connectivity index (χ1) is 7.18. The molecule has 1 aliphatic heterocycles. The van der Waals surface area contributed by atoms with E-state index in [9.17, 15) is 9.59 Å². The molecule has 0 spiro atoms. The van der Waals surface area contributed by atoms with Crippen LogP contribution < -0.4 is 5.32 Å². The first kappa shape index (κ1) is 9.64. The third-order valence-electron chi connectivity index (χ3n) is 2.33. The van der Waals surface area contributed by atoms with E-state index >= 15 is 0 Å². The highest BCUT2D eigenvalue weighted by atomic mass is 16.2. The summed E-state index contributed by atoms with van der Waals surface area (Å²) in [5.41, 5.74) is 0.711. The Morgan fingerprint density at radius 2 is 2.33 bits per heavy atom. The number of aromatic nitrogens is 1. The zero-order chi connectivity index (χ0) is 10.8. The van der Waals surface area contributed by atoms with E-state index in [1.807, 2.05) is 0 Å². The highest BCUT2D eigenvalue weighted by Gasteiger charge is 2.31. The van der Waals surface area contributed by atoms with Crippen molar-refractivity contribution in [3.05, 3.63) is 30.1 Å². The van der Waals surface area contributed by atoms with Gasteiger partial charge in [0.2, 0.25) is 11.8 Å². The zero-order valence-electron chi connectivity index (χ0n) is 8.30. The maximum Gasteiger partial charge on any atom is 0.250 e. The molecule has 5 heteroatoms. The zero-order valence-corrected chi connectivity index (χ0v) is 8.30. The van der Waals surface area contributed by atoms with Crippen LogP contribution >= 0.6 is 0 Å². The van der Waals surface area contributed by atoms with Crippen molar-refractivity contribution < 1.29 is 9.59 Å². The molecule has 5 nitrogen and oxygen atoms in total. The molecule has 1 unspecified atom stereocenters. The maximum atomic E-state index is 11.8. The van der Waals surface area contributed by atoms with Gasteiger partial charge in [0.15, 0.2) is 0 Å². The van der Waals surface area contributed by atoms with Crippen molar-refractivity contribution in [2.24, 2.45) is 0 Å². The summed E-state index contributed by atoms with van der Waals surface area (Å²) >= 11 is 0. The second kappa shape index (κ2) is 3.68. The lowest BCUT2D eigenvalue weighted by Gasteiger charge is -2.29. The number of carbonyl (C=O) groups excluding carboxylic acids is 2. The van der Waals surface area contributed by atoms with Gasteiger partial charge in [-0.25, -0.2) is 0 Å². The number of amides is 2. The van der Waals surface area contributed by atoms with Crippen molar-refractivity contribution in [3.8, 4) is 0 Å². The van der Waals surface area contributed by atoms with E-state index in [1.165, 1.54) is 4.90 Å². The number of hydrogen-bond acceptors (Lipinski definition) is 3. The lowest BCUT2D eigenvalue weighted by molar-refractivity contribution is -0.143. The first-order valence-electron chi connectivity index (χ1n) is 4.63. The number of hydrogen-bond donors (Lipinski definition) is 1. The lowest BCUT2D eigenvalue weighted by Crippen LogP contribution is -2.51. The Balaban J connectivity index is 2.28. The SMILES string of the molecule is CN1CC(=O)NC(c2cccnc2)C1=O. The van der Waals surface area contributed by atoms with Crippen LogP contribution in [0.15, 0.2) is 24.5 Å². The van der Waals surface area contributed by atoms with Gasteiger partial charge in [0, 0.05) is 25.0 Å². The van der Waals surface area contributed by atoms with Crippen LogP contribution in [-0.4, -0.2) is 35.3 Å². The Morgan fingerprint density at radius 1 is 1.53 bits per heavy atom. The summed E-state index contributed by atoms with van der Waals surface area (Å²) in [6.07, 6.45) is 3.21. The van der Waals surface area contributed by atoms with Gasteiger partial charge in [0.05, 0.1) is 6.54 Å². The molecule has 2 heterocycles. The summed E-state index contributed by atoms with van der Waals surface area (Å²) in [4.78, 5) is 28.4. The fourth-order valence-corrected chi connectivity index (χ4v) is 1.55. The predicted molar refractivity (Wildman–Crippen MR) is 52.8 cm³/mol. The van der Waals surface area contributed by atoms with Crippen molar-refractivity contribution in [2.45, 2.75) is 6.04 Å². The molecule has 1 aromatic rings. The molecule has 2 amide bonds. The second-order valence-corrected chi connectivity index (χ2v) is 3.48.